The third-order valence-corrected chi connectivity index (χ3v) is 5.20. The van der Waals surface area contributed by atoms with E-state index in [2.05, 4.69) is 0 Å². The maximum absolute atomic E-state index is 12.4. The van der Waals surface area contributed by atoms with Gasteiger partial charge in [-0.3, -0.25) is 9.59 Å². The maximum Gasteiger partial charge on any atom is 0.309 e. The minimum Gasteiger partial charge on any atom is -0.481 e. The molecule has 1 N–H and O–H groups in total. The van der Waals surface area contributed by atoms with Crippen molar-refractivity contribution in [3.63, 3.8) is 0 Å². The molecule has 2 saturated heterocycles. The molecular weight excluding hydrogens is 286 g/mol. The molecule has 0 spiro atoms. The van der Waals surface area contributed by atoms with Gasteiger partial charge in [0.2, 0.25) is 5.91 Å². The Kier molecular flexibility index (Phi) is 4.68. The molecule has 0 bridgehead atoms. The van der Waals surface area contributed by atoms with Gasteiger partial charge in [-0.2, -0.15) is 0 Å². The van der Waals surface area contributed by atoms with Crippen molar-refractivity contribution in [2.45, 2.75) is 44.8 Å². The highest BCUT2D eigenvalue weighted by Crippen LogP contribution is 2.38. The Hall–Kier alpha value is -1.14. The average molecular weight is 311 g/mol. The molecule has 3 aliphatic rings. The van der Waals surface area contributed by atoms with Crippen LogP contribution in [0.1, 0.15) is 32.6 Å². The second-order valence-corrected chi connectivity index (χ2v) is 6.57. The van der Waals surface area contributed by atoms with E-state index >= 15 is 0 Å². The van der Waals surface area contributed by atoms with E-state index in [-0.39, 0.29) is 35.9 Å². The lowest BCUT2D eigenvalue weighted by Crippen LogP contribution is -2.44. The Morgan fingerprint density at radius 3 is 2.59 bits per heavy atom. The molecule has 3 unspecified atom stereocenters. The van der Waals surface area contributed by atoms with Crippen molar-refractivity contribution < 1.29 is 24.2 Å². The highest BCUT2D eigenvalue weighted by molar-refractivity contribution is 5.82. The molecule has 3 rings (SSSR count). The van der Waals surface area contributed by atoms with Crippen LogP contribution in [0, 0.1) is 17.8 Å². The van der Waals surface area contributed by atoms with Crippen molar-refractivity contribution in [1.82, 2.24) is 4.90 Å². The molecule has 2 aliphatic heterocycles. The summed E-state index contributed by atoms with van der Waals surface area (Å²) in [4.78, 5) is 25.6. The molecule has 124 valence electrons. The Labute approximate surface area is 130 Å². The minimum atomic E-state index is -0.751. The zero-order valence-electron chi connectivity index (χ0n) is 13.1. The SMILES string of the molecule is CCOC1CC1C(=O)N1CCC([C@@H]2OCCC2C(=O)O)CC1. The number of carbonyl (C=O) groups excluding carboxylic acids is 1. The van der Waals surface area contributed by atoms with Gasteiger partial charge in [-0.05, 0) is 38.5 Å². The normalized spacial score (nSPS) is 35.6. The summed E-state index contributed by atoms with van der Waals surface area (Å²) in [5.74, 6) is -0.615. The Balaban J connectivity index is 1.48. The van der Waals surface area contributed by atoms with Crippen molar-refractivity contribution in [3.05, 3.63) is 0 Å². The fourth-order valence-corrected chi connectivity index (χ4v) is 3.85. The van der Waals surface area contributed by atoms with Crippen LogP contribution in [-0.2, 0) is 19.1 Å². The van der Waals surface area contributed by atoms with Gasteiger partial charge in [-0.1, -0.05) is 0 Å². The summed E-state index contributed by atoms with van der Waals surface area (Å²) in [5.41, 5.74) is 0. The van der Waals surface area contributed by atoms with Crippen molar-refractivity contribution in [3.8, 4) is 0 Å². The number of carboxylic acids is 1. The van der Waals surface area contributed by atoms with Crippen LogP contribution in [-0.4, -0.2) is 60.4 Å². The molecule has 22 heavy (non-hydrogen) atoms. The highest BCUT2D eigenvalue weighted by Gasteiger charge is 2.47. The van der Waals surface area contributed by atoms with E-state index in [1.807, 2.05) is 11.8 Å². The first-order chi connectivity index (χ1) is 10.6. The number of piperidine rings is 1. The van der Waals surface area contributed by atoms with E-state index in [0.29, 0.717) is 32.7 Å². The van der Waals surface area contributed by atoms with Crippen LogP contribution in [0.4, 0.5) is 0 Å². The minimum absolute atomic E-state index is 0.0472. The van der Waals surface area contributed by atoms with Crippen LogP contribution in [0.2, 0.25) is 0 Å². The monoisotopic (exact) mass is 311 g/mol. The van der Waals surface area contributed by atoms with Gasteiger partial charge < -0.3 is 19.5 Å². The lowest BCUT2D eigenvalue weighted by molar-refractivity contribution is -0.146. The molecule has 0 aromatic rings. The van der Waals surface area contributed by atoms with Crippen LogP contribution in [0.3, 0.4) is 0 Å². The molecule has 4 atom stereocenters. The number of carboxylic acid groups (broad SMARTS) is 1. The molecule has 6 nitrogen and oxygen atoms in total. The molecule has 0 radical (unpaired) electrons. The van der Waals surface area contributed by atoms with E-state index in [4.69, 9.17) is 9.47 Å². The summed E-state index contributed by atoms with van der Waals surface area (Å²) >= 11 is 0. The molecule has 3 fully saturated rings. The topological polar surface area (TPSA) is 76.1 Å². The van der Waals surface area contributed by atoms with E-state index < -0.39 is 5.97 Å². The Morgan fingerprint density at radius 2 is 1.95 bits per heavy atom. The van der Waals surface area contributed by atoms with Gasteiger partial charge in [0.05, 0.1) is 24.0 Å². The van der Waals surface area contributed by atoms with Gasteiger partial charge in [0, 0.05) is 26.3 Å². The third-order valence-electron chi connectivity index (χ3n) is 5.20. The Bertz CT molecular complexity index is 432. The zero-order chi connectivity index (χ0) is 15.7. The fourth-order valence-electron chi connectivity index (χ4n) is 3.85. The standard InChI is InChI=1S/C16H25NO5/c1-2-21-13-9-12(13)15(18)17-6-3-10(4-7-17)14-11(16(19)20)5-8-22-14/h10-14H,2-9H2,1H3,(H,19,20)/t11?,12?,13?,14-/m0/s1. The Morgan fingerprint density at radius 1 is 1.23 bits per heavy atom. The van der Waals surface area contributed by atoms with E-state index in [0.717, 1.165) is 19.3 Å². The van der Waals surface area contributed by atoms with E-state index in [1.54, 1.807) is 0 Å². The molecule has 1 amide bonds. The van der Waals surface area contributed by atoms with Gasteiger partial charge in [0.1, 0.15) is 0 Å². The number of ether oxygens (including phenoxy) is 2. The van der Waals surface area contributed by atoms with Gasteiger partial charge in [-0.15, -0.1) is 0 Å². The number of rotatable bonds is 5. The maximum atomic E-state index is 12.4. The van der Waals surface area contributed by atoms with Gasteiger partial charge >= 0.3 is 5.97 Å². The first kappa shape index (κ1) is 15.7. The molecule has 0 aromatic heterocycles. The smallest absolute Gasteiger partial charge is 0.309 e. The highest BCUT2D eigenvalue weighted by atomic mass is 16.5. The third kappa shape index (κ3) is 3.13. The van der Waals surface area contributed by atoms with Crippen molar-refractivity contribution >= 4 is 11.9 Å². The summed E-state index contributed by atoms with van der Waals surface area (Å²) in [6.45, 7) is 4.58. The summed E-state index contributed by atoms with van der Waals surface area (Å²) in [6.07, 6.45) is 3.08. The first-order valence-corrected chi connectivity index (χ1v) is 8.36. The summed E-state index contributed by atoms with van der Waals surface area (Å²) in [6, 6.07) is 0. The second-order valence-electron chi connectivity index (χ2n) is 6.57. The number of hydrogen-bond acceptors (Lipinski definition) is 4. The number of likely N-dealkylation sites (tertiary alicyclic amines) is 1. The number of aliphatic carboxylic acids is 1. The first-order valence-electron chi connectivity index (χ1n) is 8.36. The van der Waals surface area contributed by atoms with Crippen LogP contribution in [0.5, 0.6) is 0 Å². The van der Waals surface area contributed by atoms with Crippen molar-refractivity contribution in [2.75, 3.05) is 26.3 Å². The number of nitrogens with zero attached hydrogens (tertiary/aromatic N) is 1. The lowest BCUT2D eigenvalue weighted by Gasteiger charge is -2.35. The van der Waals surface area contributed by atoms with E-state index in [1.165, 1.54) is 0 Å². The van der Waals surface area contributed by atoms with Gasteiger partial charge in [-0.25, -0.2) is 0 Å². The molecular formula is C16H25NO5. The molecule has 6 heteroatoms. The van der Waals surface area contributed by atoms with Crippen molar-refractivity contribution in [1.29, 1.82) is 0 Å². The van der Waals surface area contributed by atoms with Crippen LogP contribution < -0.4 is 0 Å². The summed E-state index contributed by atoms with van der Waals surface area (Å²) < 4.78 is 11.2. The fraction of sp³-hybridized carbons (Fsp3) is 0.875. The number of hydrogen-bond donors (Lipinski definition) is 1. The zero-order valence-corrected chi connectivity index (χ0v) is 13.1. The average Bonchev–Trinajstić information content (AvgIpc) is 3.10. The quantitative estimate of drug-likeness (QED) is 0.824. The van der Waals surface area contributed by atoms with Crippen LogP contribution in [0.15, 0.2) is 0 Å². The van der Waals surface area contributed by atoms with Crippen LogP contribution >= 0.6 is 0 Å². The lowest BCUT2D eigenvalue weighted by atomic mass is 9.84. The van der Waals surface area contributed by atoms with E-state index in [9.17, 15) is 14.7 Å². The largest absolute Gasteiger partial charge is 0.481 e. The second kappa shape index (κ2) is 6.54. The van der Waals surface area contributed by atoms with Gasteiger partial charge in [0.25, 0.3) is 0 Å². The predicted molar refractivity (Wildman–Crippen MR) is 78.3 cm³/mol. The summed E-state index contributed by atoms with van der Waals surface area (Å²) in [5, 5.41) is 9.26. The predicted octanol–water partition coefficient (Wildman–Crippen LogP) is 1.14. The number of amides is 1. The van der Waals surface area contributed by atoms with Crippen molar-refractivity contribution in [2.24, 2.45) is 17.8 Å². The molecule has 1 aliphatic carbocycles. The molecule has 2 heterocycles. The number of carbonyl (C=O) groups is 2. The van der Waals surface area contributed by atoms with Crippen LogP contribution in [0.25, 0.3) is 0 Å². The molecule has 0 aromatic carbocycles. The van der Waals surface area contributed by atoms with Gasteiger partial charge in [0.15, 0.2) is 0 Å². The molecule has 1 saturated carbocycles. The summed E-state index contributed by atoms with van der Waals surface area (Å²) in [7, 11) is 0.